The predicted octanol–water partition coefficient (Wildman–Crippen LogP) is 3.29. The normalized spacial score (nSPS) is 10.4. The molecule has 150 valence electrons. The topological polar surface area (TPSA) is 82.5 Å². The van der Waals surface area contributed by atoms with Crippen molar-refractivity contribution in [2.75, 3.05) is 25.3 Å². The molecule has 29 heavy (non-hydrogen) atoms. The summed E-state index contributed by atoms with van der Waals surface area (Å²) in [5, 5.41) is 3.03. The van der Waals surface area contributed by atoms with E-state index in [9.17, 15) is 9.59 Å². The van der Waals surface area contributed by atoms with E-state index in [1.165, 1.54) is 18.8 Å². The van der Waals surface area contributed by atoms with Crippen LogP contribution >= 0.6 is 11.8 Å². The Kier molecular flexibility index (Phi) is 6.56. The monoisotopic (exact) mass is 411 g/mol. The van der Waals surface area contributed by atoms with Crippen LogP contribution in [0.1, 0.15) is 5.56 Å². The van der Waals surface area contributed by atoms with Gasteiger partial charge in [0.2, 0.25) is 5.91 Å². The molecule has 7 nitrogen and oxygen atoms in total. The lowest BCUT2D eigenvalue weighted by Crippen LogP contribution is -2.22. The molecule has 0 atom stereocenters. The minimum absolute atomic E-state index is 0.0413. The lowest BCUT2D eigenvalue weighted by atomic mass is 10.2. The van der Waals surface area contributed by atoms with E-state index in [1.807, 2.05) is 31.2 Å². The van der Waals surface area contributed by atoms with Crippen molar-refractivity contribution in [2.45, 2.75) is 11.9 Å². The molecular weight excluding hydrogens is 390 g/mol. The van der Waals surface area contributed by atoms with Gasteiger partial charge in [0.1, 0.15) is 11.5 Å². The number of nitrogens with one attached hydrogen (secondary N) is 1. The van der Waals surface area contributed by atoms with Crippen LogP contribution in [0.3, 0.4) is 0 Å². The Balaban J connectivity index is 1.70. The number of methoxy groups -OCH3 is 2. The van der Waals surface area contributed by atoms with Crippen LogP contribution in [0.2, 0.25) is 0 Å². The van der Waals surface area contributed by atoms with Gasteiger partial charge in [-0.3, -0.25) is 14.2 Å². The molecule has 0 unspecified atom stereocenters. The van der Waals surface area contributed by atoms with E-state index in [-0.39, 0.29) is 22.2 Å². The zero-order chi connectivity index (χ0) is 20.8. The first-order valence-electron chi connectivity index (χ1n) is 8.80. The highest BCUT2D eigenvalue weighted by molar-refractivity contribution is 7.99. The number of anilines is 1. The lowest BCUT2D eigenvalue weighted by Gasteiger charge is -2.10. The molecule has 0 bridgehead atoms. The van der Waals surface area contributed by atoms with E-state index in [1.54, 1.807) is 30.6 Å². The Morgan fingerprint density at radius 1 is 1.10 bits per heavy atom. The zero-order valence-corrected chi connectivity index (χ0v) is 17.2. The fourth-order valence-corrected chi connectivity index (χ4v) is 3.31. The van der Waals surface area contributed by atoms with Gasteiger partial charge in [-0.15, -0.1) is 0 Å². The van der Waals surface area contributed by atoms with E-state index in [4.69, 9.17) is 9.47 Å². The van der Waals surface area contributed by atoms with Crippen LogP contribution < -0.4 is 20.3 Å². The molecule has 2 aromatic carbocycles. The van der Waals surface area contributed by atoms with Gasteiger partial charge in [-0.05, 0) is 19.1 Å². The quantitative estimate of drug-likeness (QED) is 0.601. The van der Waals surface area contributed by atoms with Gasteiger partial charge in [0.25, 0.3) is 5.56 Å². The molecule has 1 aromatic heterocycles. The molecule has 0 saturated carbocycles. The maximum atomic E-state index is 12.7. The maximum Gasteiger partial charge on any atom is 0.287 e. The molecule has 1 amide bonds. The summed E-state index contributed by atoms with van der Waals surface area (Å²) in [5.74, 6) is 0.910. The summed E-state index contributed by atoms with van der Waals surface area (Å²) in [6, 6.07) is 12.7. The molecule has 8 heteroatoms. The standard InChI is InChI=1S/C21H21N3O4S/c1-14-4-6-16(7-5-14)24-9-8-22-20(21(24)26)29-13-19(25)23-15-10-17(27-2)12-18(11-15)28-3/h4-12H,13H2,1-3H3,(H,23,25). The SMILES string of the molecule is COc1cc(NC(=O)CSc2nccn(-c3ccc(C)cc3)c2=O)cc(OC)c1. The van der Waals surface area contributed by atoms with Crippen LogP contribution in [0.5, 0.6) is 11.5 Å². The fourth-order valence-electron chi connectivity index (χ4n) is 2.61. The molecule has 1 heterocycles. The number of ether oxygens (including phenoxy) is 2. The number of aromatic nitrogens is 2. The van der Waals surface area contributed by atoms with E-state index in [0.717, 1.165) is 23.0 Å². The first-order valence-corrected chi connectivity index (χ1v) is 9.79. The van der Waals surface area contributed by atoms with Crippen molar-refractivity contribution in [1.82, 2.24) is 9.55 Å². The third kappa shape index (κ3) is 5.17. The average Bonchev–Trinajstić information content (AvgIpc) is 2.73. The maximum absolute atomic E-state index is 12.7. The number of rotatable bonds is 7. The van der Waals surface area contributed by atoms with Crippen molar-refractivity contribution in [3.63, 3.8) is 0 Å². The minimum Gasteiger partial charge on any atom is -0.497 e. The highest BCUT2D eigenvalue weighted by Crippen LogP contribution is 2.26. The molecule has 1 N–H and O–H groups in total. The zero-order valence-electron chi connectivity index (χ0n) is 16.3. The van der Waals surface area contributed by atoms with Crippen LogP contribution in [-0.4, -0.2) is 35.4 Å². The highest BCUT2D eigenvalue weighted by Gasteiger charge is 2.11. The second kappa shape index (κ2) is 9.29. The number of carbonyl (C=O) groups is 1. The van der Waals surface area contributed by atoms with Gasteiger partial charge in [-0.2, -0.15) is 0 Å². The summed E-state index contributed by atoms with van der Waals surface area (Å²) in [7, 11) is 3.08. The van der Waals surface area contributed by atoms with Gasteiger partial charge in [0.05, 0.1) is 20.0 Å². The number of carbonyl (C=O) groups excluding carboxylic acids is 1. The number of thioether (sulfide) groups is 1. The molecule has 0 fully saturated rings. The Bertz CT molecular complexity index is 1040. The molecule has 0 saturated heterocycles. The number of nitrogens with zero attached hydrogens (tertiary/aromatic N) is 2. The van der Waals surface area contributed by atoms with Crippen molar-refractivity contribution >= 4 is 23.4 Å². The number of benzene rings is 2. The minimum atomic E-state index is -0.266. The molecule has 0 aliphatic rings. The van der Waals surface area contributed by atoms with Gasteiger partial charge >= 0.3 is 0 Å². The largest absolute Gasteiger partial charge is 0.497 e. The third-order valence-corrected chi connectivity index (χ3v) is 5.06. The van der Waals surface area contributed by atoms with Gasteiger partial charge in [-0.25, -0.2) is 4.98 Å². The number of amides is 1. The average molecular weight is 411 g/mol. The lowest BCUT2D eigenvalue weighted by molar-refractivity contribution is -0.113. The second-order valence-electron chi connectivity index (χ2n) is 6.18. The summed E-state index contributed by atoms with van der Waals surface area (Å²) < 4.78 is 11.9. The van der Waals surface area contributed by atoms with Crippen molar-refractivity contribution in [3.05, 3.63) is 70.8 Å². The molecule has 3 aromatic rings. The van der Waals surface area contributed by atoms with Crippen LogP contribution in [-0.2, 0) is 4.79 Å². The summed E-state index contributed by atoms with van der Waals surface area (Å²) in [5.41, 5.74) is 2.14. The van der Waals surface area contributed by atoms with Crippen molar-refractivity contribution in [3.8, 4) is 17.2 Å². The Morgan fingerprint density at radius 2 is 1.76 bits per heavy atom. The van der Waals surface area contributed by atoms with Gasteiger partial charge in [-0.1, -0.05) is 29.5 Å². The Hall–Kier alpha value is -3.26. The second-order valence-corrected chi connectivity index (χ2v) is 7.15. The van der Waals surface area contributed by atoms with Crippen LogP contribution in [0.25, 0.3) is 5.69 Å². The number of hydrogen-bond acceptors (Lipinski definition) is 6. The van der Waals surface area contributed by atoms with Crippen LogP contribution in [0.4, 0.5) is 5.69 Å². The Labute approximate surface area is 172 Å². The van der Waals surface area contributed by atoms with Crippen LogP contribution in [0.15, 0.2) is 64.7 Å². The summed E-state index contributed by atoms with van der Waals surface area (Å²) >= 11 is 1.09. The van der Waals surface area contributed by atoms with Crippen molar-refractivity contribution < 1.29 is 14.3 Å². The van der Waals surface area contributed by atoms with E-state index in [0.29, 0.717) is 17.2 Å². The molecular formula is C21H21N3O4S. The highest BCUT2D eigenvalue weighted by atomic mass is 32.2. The molecule has 0 aliphatic heterocycles. The third-order valence-electron chi connectivity index (χ3n) is 4.10. The Morgan fingerprint density at radius 3 is 2.38 bits per heavy atom. The van der Waals surface area contributed by atoms with Gasteiger partial charge in [0.15, 0.2) is 5.03 Å². The first kappa shape index (κ1) is 20.5. The predicted molar refractivity (Wildman–Crippen MR) is 113 cm³/mol. The molecule has 3 rings (SSSR count). The van der Waals surface area contributed by atoms with Crippen molar-refractivity contribution in [2.24, 2.45) is 0 Å². The van der Waals surface area contributed by atoms with Gasteiger partial charge < -0.3 is 14.8 Å². The smallest absolute Gasteiger partial charge is 0.287 e. The fraction of sp³-hybridized carbons (Fsp3) is 0.190. The number of hydrogen-bond donors (Lipinski definition) is 1. The van der Waals surface area contributed by atoms with Gasteiger partial charge in [0, 0.05) is 42.0 Å². The van der Waals surface area contributed by atoms with Crippen molar-refractivity contribution in [1.29, 1.82) is 0 Å². The van der Waals surface area contributed by atoms with E-state index >= 15 is 0 Å². The molecule has 0 aliphatic carbocycles. The first-order chi connectivity index (χ1) is 14.0. The number of aryl methyl sites for hydroxylation is 1. The van der Waals surface area contributed by atoms with E-state index in [2.05, 4.69) is 10.3 Å². The summed E-state index contributed by atoms with van der Waals surface area (Å²) in [6.07, 6.45) is 3.16. The summed E-state index contributed by atoms with van der Waals surface area (Å²) in [6.45, 7) is 1.98. The summed E-state index contributed by atoms with van der Waals surface area (Å²) in [4.78, 5) is 29.2. The van der Waals surface area contributed by atoms with E-state index < -0.39 is 0 Å². The molecule has 0 radical (unpaired) electrons. The van der Waals surface area contributed by atoms with Crippen LogP contribution in [0, 0.1) is 6.92 Å². The molecule has 0 spiro atoms.